The number of amides is 1. The lowest BCUT2D eigenvalue weighted by Crippen LogP contribution is -2.35. The number of rotatable bonds is 3. The monoisotopic (exact) mass is 421 g/mol. The Hall–Kier alpha value is -1.54. The number of fused-ring (bicyclic) bond motifs is 1. The number of hydrogen-bond donors (Lipinski definition) is 2. The zero-order valence-corrected chi connectivity index (χ0v) is 17.5. The van der Waals surface area contributed by atoms with Crippen LogP contribution in [-0.2, 0) is 9.84 Å². The van der Waals surface area contributed by atoms with E-state index < -0.39 is 9.84 Å². The number of carbonyl (C=O) groups excluding carboxylic acids is 1. The van der Waals surface area contributed by atoms with Gasteiger partial charge in [-0.1, -0.05) is 43.9 Å². The molecule has 0 aromatic heterocycles. The fourth-order valence-corrected chi connectivity index (χ4v) is 7.79. The van der Waals surface area contributed by atoms with Crippen molar-refractivity contribution in [2.45, 2.75) is 62.3 Å². The van der Waals surface area contributed by atoms with Crippen LogP contribution in [-0.4, -0.2) is 48.3 Å². The van der Waals surface area contributed by atoms with Crippen molar-refractivity contribution in [2.24, 2.45) is 4.99 Å². The molecule has 6 nitrogen and oxygen atoms in total. The van der Waals surface area contributed by atoms with Gasteiger partial charge in [-0.2, -0.15) is 0 Å². The maximum atomic E-state index is 12.5. The van der Waals surface area contributed by atoms with Crippen LogP contribution in [0, 0.1) is 0 Å². The topological polar surface area (TPSA) is 87.6 Å². The Labute approximate surface area is 170 Å². The van der Waals surface area contributed by atoms with Crippen molar-refractivity contribution in [1.29, 1.82) is 0 Å². The van der Waals surface area contributed by atoms with Crippen LogP contribution in [0.2, 0.25) is 0 Å². The predicted octanol–water partition coefficient (Wildman–Crippen LogP) is 3.21. The molecule has 4 rings (SSSR count). The standard InChI is InChI=1S/C20H27N3O3S2/c24-19(21-15-6-4-2-1-3-5-7-15)14-8-10-16(11-9-14)22-20-23-17-12-28(25,26)13-18(17)27-20/h8-11,15,17-18H,1-7,12-13H2,(H,21,24)(H,22,23)/t17-,18-/m0/s1. The number of hydrogen-bond acceptors (Lipinski definition) is 6. The second-order valence-electron chi connectivity index (χ2n) is 7.95. The van der Waals surface area contributed by atoms with Gasteiger partial charge in [0.25, 0.3) is 5.91 Å². The summed E-state index contributed by atoms with van der Waals surface area (Å²) >= 11 is 1.50. The Morgan fingerprint density at radius 2 is 1.68 bits per heavy atom. The number of benzene rings is 1. The molecule has 1 aliphatic carbocycles. The molecule has 2 fully saturated rings. The van der Waals surface area contributed by atoms with Gasteiger partial charge in [-0.3, -0.25) is 9.79 Å². The first-order valence-corrected chi connectivity index (χ1v) is 12.8. The molecule has 1 amide bonds. The Balaban J connectivity index is 1.32. The fraction of sp³-hybridized carbons (Fsp3) is 0.600. The second-order valence-corrected chi connectivity index (χ2v) is 11.3. The molecule has 1 saturated carbocycles. The normalized spacial score (nSPS) is 27.4. The first-order valence-electron chi connectivity index (χ1n) is 10.1. The predicted molar refractivity (Wildman–Crippen MR) is 115 cm³/mol. The molecule has 8 heteroatoms. The number of nitrogens with zero attached hydrogens (tertiary/aromatic N) is 1. The van der Waals surface area contributed by atoms with Crippen LogP contribution in [0.15, 0.2) is 29.3 Å². The van der Waals surface area contributed by atoms with E-state index in [-0.39, 0.29) is 34.7 Å². The molecule has 2 heterocycles. The molecular weight excluding hydrogens is 394 g/mol. The highest BCUT2D eigenvalue weighted by atomic mass is 32.2. The summed E-state index contributed by atoms with van der Waals surface area (Å²) in [5, 5.41) is 7.22. The first kappa shape index (κ1) is 19.8. The molecule has 28 heavy (non-hydrogen) atoms. The molecule has 0 radical (unpaired) electrons. The van der Waals surface area contributed by atoms with Crippen molar-refractivity contribution in [2.75, 3.05) is 16.8 Å². The van der Waals surface area contributed by atoms with Crippen molar-refractivity contribution in [1.82, 2.24) is 5.32 Å². The largest absolute Gasteiger partial charge is 0.349 e. The minimum atomic E-state index is -2.93. The molecule has 0 bridgehead atoms. The SMILES string of the molecule is O=C(NC1CCCCCCC1)c1ccc(NC2=N[C@H]3CS(=O)(=O)C[C@@H]3S2)cc1. The summed E-state index contributed by atoms with van der Waals surface area (Å²) in [5.74, 6) is 0.345. The summed E-state index contributed by atoms with van der Waals surface area (Å²) in [6.45, 7) is 0. The van der Waals surface area contributed by atoms with E-state index in [2.05, 4.69) is 15.6 Å². The van der Waals surface area contributed by atoms with Crippen molar-refractivity contribution >= 4 is 38.4 Å². The number of carbonyl (C=O) groups is 1. The van der Waals surface area contributed by atoms with Gasteiger partial charge in [-0.15, -0.1) is 0 Å². The minimum absolute atomic E-state index is 0.00977. The Morgan fingerprint density at radius 1 is 1.00 bits per heavy atom. The van der Waals surface area contributed by atoms with Crippen LogP contribution in [0.4, 0.5) is 5.69 Å². The number of thioether (sulfide) groups is 1. The molecule has 0 unspecified atom stereocenters. The van der Waals surface area contributed by atoms with Gasteiger partial charge in [0.1, 0.15) is 0 Å². The van der Waals surface area contributed by atoms with Crippen LogP contribution in [0.3, 0.4) is 0 Å². The van der Waals surface area contributed by atoms with E-state index in [0.717, 1.165) is 23.7 Å². The average Bonchev–Trinajstić information content (AvgIpc) is 3.10. The number of aliphatic imine (C=N–C) groups is 1. The Morgan fingerprint density at radius 3 is 2.36 bits per heavy atom. The van der Waals surface area contributed by atoms with Gasteiger partial charge in [0.2, 0.25) is 0 Å². The van der Waals surface area contributed by atoms with E-state index >= 15 is 0 Å². The van der Waals surface area contributed by atoms with Gasteiger partial charge in [0, 0.05) is 22.5 Å². The fourth-order valence-electron chi connectivity index (χ4n) is 4.11. The third-order valence-corrected chi connectivity index (χ3v) is 8.80. The maximum Gasteiger partial charge on any atom is 0.251 e. The molecule has 2 N–H and O–H groups in total. The lowest BCUT2D eigenvalue weighted by molar-refractivity contribution is 0.0930. The van der Waals surface area contributed by atoms with Crippen molar-refractivity contribution in [3.05, 3.63) is 29.8 Å². The molecule has 1 saturated heterocycles. The minimum Gasteiger partial charge on any atom is -0.349 e. The summed E-state index contributed by atoms with van der Waals surface area (Å²) in [6, 6.07) is 7.55. The lowest BCUT2D eigenvalue weighted by Gasteiger charge is -2.21. The van der Waals surface area contributed by atoms with Gasteiger partial charge in [-0.25, -0.2) is 8.42 Å². The highest BCUT2D eigenvalue weighted by molar-refractivity contribution is 8.15. The molecule has 2 aliphatic heterocycles. The Bertz CT molecular complexity index is 844. The number of nitrogens with one attached hydrogen (secondary N) is 2. The third-order valence-electron chi connectivity index (χ3n) is 5.66. The van der Waals surface area contributed by atoms with Crippen LogP contribution in [0.25, 0.3) is 0 Å². The quantitative estimate of drug-likeness (QED) is 0.782. The lowest BCUT2D eigenvalue weighted by atomic mass is 9.96. The number of amidine groups is 1. The van der Waals surface area contributed by atoms with Gasteiger partial charge in [0.05, 0.1) is 17.5 Å². The average molecular weight is 422 g/mol. The van der Waals surface area contributed by atoms with Gasteiger partial charge >= 0.3 is 0 Å². The number of sulfone groups is 1. The van der Waals surface area contributed by atoms with E-state index in [1.165, 1.54) is 43.9 Å². The van der Waals surface area contributed by atoms with E-state index in [9.17, 15) is 13.2 Å². The van der Waals surface area contributed by atoms with Crippen LogP contribution in [0.1, 0.15) is 55.3 Å². The van der Waals surface area contributed by atoms with Gasteiger partial charge in [0.15, 0.2) is 15.0 Å². The van der Waals surface area contributed by atoms with Crippen molar-refractivity contribution in [3.63, 3.8) is 0 Å². The first-order chi connectivity index (χ1) is 13.5. The molecule has 152 valence electrons. The summed E-state index contributed by atoms with van der Waals surface area (Å²) in [5.41, 5.74) is 1.52. The maximum absolute atomic E-state index is 12.5. The van der Waals surface area contributed by atoms with Crippen LogP contribution in [0.5, 0.6) is 0 Å². The smallest absolute Gasteiger partial charge is 0.251 e. The molecule has 3 aliphatic rings. The van der Waals surface area contributed by atoms with E-state index in [0.29, 0.717) is 5.56 Å². The molecular formula is C20H27N3O3S2. The second kappa shape index (κ2) is 8.45. The summed E-state index contributed by atoms with van der Waals surface area (Å²) in [4.78, 5) is 17.0. The highest BCUT2D eigenvalue weighted by Gasteiger charge is 2.42. The summed E-state index contributed by atoms with van der Waals surface area (Å²) in [7, 11) is -2.93. The molecule has 2 atom stereocenters. The van der Waals surface area contributed by atoms with E-state index in [1.54, 1.807) is 0 Å². The highest BCUT2D eigenvalue weighted by Crippen LogP contribution is 2.34. The van der Waals surface area contributed by atoms with Crippen molar-refractivity contribution in [3.8, 4) is 0 Å². The molecule has 1 aromatic carbocycles. The third kappa shape index (κ3) is 4.89. The van der Waals surface area contributed by atoms with E-state index in [4.69, 9.17) is 0 Å². The number of anilines is 1. The zero-order chi connectivity index (χ0) is 19.6. The molecule has 0 spiro atoms. The van der Waals surface area contributed by atoms with Gasteiger partial charge in [-0.05, 0) is 37.1 Å². The molecule has 1 aromatic rings. The Kier molecular flexibility index (Phi) is 5.96. The van der Waals surface area contributed by atoms with E-state index in [1.807, 2.05) is 24.3 Å². The summed E-state index contributed by atoms with van der Waals surface area (Å²) < 4.78 is 23.3. The van der Waals surface area contributed by atoms with Gasteiger partial charge < -0.3 is 10.6 Å². The summed E-state index contributed by atoms with van der Waals surface area (Å²) in [6.07, 6.45) is 8.37. The zero-order valence-electron chi connectivity index (χ0n) is 15.9. The van der Waals surface area contributed by atoms with Crippen LogP contribution >= 0.6 is 11.8 Å². The van der Waals surface area contributed by atoms with Crippen molar-refractivity contribution < 1.29 is 13.2 Å². The van der Waals surface area contributed by atoms with Crippen LogP contribution < -0.4 is 10.6 Å².